The Bertz CT molecular complexity index is 686. The van der Waals surface area contributed by atoms with E-state index in [9.17, 15) is 13.0 Å². The highest BCUT2D eigenvalue weighted by atomic mass is 79.9. The van der Waals surface area contributed by atoms with Crippen molar-refractivity contribution < 1.29 is 17.7 Å². The largest absolute Gasteiger partial charge is 0.496 e. The highest BCUT2D eigenvalue weighted by Crippen LogP contribution is 2.28. The molecule has 0 bridgehead atoms. The topological polar surface area (TPSA) is 52.3 Å². The molecule has 0 saturated heterocycles. The number of halogens is 3. The van der Waals surface area contributed by atoms with Crippen LogP contribution in [0, 0.1) is 11.6 Å². The van der Waals surface area contributed by atoms with Gasteiger partial charge in [0, 0.05) is 15.7 Å². The zero-order chi connectivity index (χ0) is 15.6. The van der Waals surface area contributed by atoms with Gasteiger partial charge in [-0.15, -0.1) is 0 Å². The van der Waals surface area contributed by atoms with Gasteiger partial charge < -0.3 is 10.5 Å². The molecule has 0 spiro atoms. The van der Waals surface area contributed by atoms with Crippen LogP contribution < -0.4 is 10.5 Å². The first-order valence-corrected chi connectivity index (χ1v) is 7.99. The van der Waals surface area contributed by atoms with Gasteiger partial charge in [0.25, 0.3) is 0 Å². The molecular formula is C14H12BrF2NO2S. The van der Waals surface area contributed by atoms with E-state index in [2.05, 4.69) is 15.9 Å². The Balaban J connectivity index is 2.37. The van der Waals surface area contributed by atoms with Crippen LogP contribution in [0.25, 0.3) is 0 Å². The Morgan fingerprint density at radius 2 is 1.86 bits per heavy atom. The summed E-state index contributed by atoms with van der Waals surface area (Å²) in [4.78, 5) is -0.480. The van der Waals surface area contributed by atoms with E-state index in [0.29, 0.717) is 11.3 Å². The number of benzene rings is 2. The molecule has 0 fully saturated rings. The summed E-state index contributed by atoms with van der Waals surface area (Å²) in [6.07, 6.45) is 0. The van der Waals surface area contributed by atoms with Crippen LogP contribution in [0.1, 0.15) is 5.56 Å². The van der Waals surface area contributed by atoms with Crippen molar-refractivity contribution in [3.63, 3.8) is 0 Å². The smallest absolute Gasteiger partial charge is 0.144 e. The molecule has 3 nitrogen and oxygen atoms in total. The molecule has 0 saturated carbocycles. The van der Waals surface area contributed by atoms with Gasteiger partial charge in [0.2, 0.25) is 0 Å². The lowest BCUT2D eigenvalue weighted by atomic mass is 10.2. The second kappa shape index (κ2) is 6.53. The van der Waals surface area contributed by atoms with E-state index in [-0.39, 0.29) is 11.4 Å². The van der Waals surface area contributed by atoms with Crippen molar-refractivity contribution in [2.75, 3.05) is 12.8 Å². The molecule has 0 heterocycles. The fraction of sp³-hybridized carbons (Fsp3) is 0.143. The van der Waals surface area contributed by atoms with Gasteiger partial charge in [-0.25, -0.2) is 8.78 Å². The van der Waals surface area contributed by atoms with E-state index >= 15 is 0 Å². The van der Waals surface area contributed by atoms with E-state index < -0.39 is 27.3 Å². The van der Waals surface area contributed by atoms with Gasteiger partial charge in [-0.1, -0.05) is 15.9 Å². The van der Waals surface area contributed by atoms with Gasteiger partial charge in [-0.3, -0.25) is 4.21 Å². The van der Waals surface area contributed by atoms with Gasteiger partial charge in [-0.2, -0.15) is 0 Å². The Labute approximate surface area is 131 Å². The first-order valence-electron chi connectivity index (χ1n) is 5.87. The van der Waals surface area contributed by atoms with Crippen LogP contribution in [-0.4, -0.2) is 11.3 Å². The van der Waals surface area contributed by atoms with Gasteiger partial charge in [0.05, 0.1) is 23.7 Å². The Morgan fingerprint density at radius 3 is 2.43 bits per heavy atom. The zero-order valence-corrected chi connectivity index (χ0v) is 13.4. The standard InChI is InChI=1S/C14H12BrF2NO2S/c1-20-13-3-2-9(15)4-8(13)7-21(19)14-11(16)5-10(18)6-12(14)17/h2-6H,7,18H2,1H3. The van der Waals surface area contributed by atoms with Crippen molar-refractivity contribution in [3.05, 3.63) is 52.0 Å². The summed E-state index contributed by atoms with van der Waals surface area (Å²) in [5.74, 6) is -1.40. The Kier molecular flexibility index (Phi) is 4.95. The summed E-state index contributed by atoms with van der Waals surface area (Å²) in [7, 11) is -0.420. The molecular weight excluding hydrogens is 364 g/mol. The quantitative estimate of drug-likeness (QED) is 0.830. The van der Waals surface area contributed by atoms with Crippen LogP contribution in [0.2, 0.25) is 0 Å². The summed E-state index contributed by atoms with van der Waals surface area (Å²) in [5.41, 5.74) is 5.88. The van der Waals surface area contributed by atoms with Crippen LogP contribution in [0.5, 0.6) is 5.75 Å². The third kappa shape index (κ3) is 3.59. The number of hydrogen-bond acceptors (Lipinski definition) is 3. The van der Waals surface area contributed by atoms with Crippen LogP contribution in [0.15, 0.2) is 39.7 Å². The minimum atomic E-state index is -1.89. The van der Waals surface area contributed by atoms with Crippen molar-refractivity contribution in [2.24, 2.45) is 0 Å². The maximum atomic E-state index is 13.8. The summed E-state index contributed by atoms with van der Waals surface area (Å²) in [6.45, 7) is 0. The highest BCUT2D eigenvalue weighted by Gasteiger charge is 2.19. The predicted octanol–water partition coefficient (Wildman–Crippen LogP) is 3.63. The van der Waals surface area contributed by atoms with Crippen LogP contribution in [0.3, 0.4) is 0 Å². The molecule has 2 N–H and O–H groups in total. The lowest BCUT2D eigenvalue weighted by Gasteiger charge is -2.10. The fourth-order valence-corrected chi connectivity index (χ4v) is 3.48. The molecule has 2 aromatic carbocycles. The zero-order valence-electron chi connectivity index (χ0n) is 11.0. The molecule has 0 amide bonds. The number of methoxy groups -OCH3 is 1. The number of hydrogen-bond donors (Lipinski definition) is 1. The third-order valence-electron chi connectivity index (χ3n) is 2.78. The van der Waals surface area contributed by atoms with Crippen molar-refractivity contribution in [2.45, 2.75) is 10.6 Å². The number of rotatable bonds is 4. The number of nitrogen functional groups attached to an aromatic ring is 1. The van der Waals surface area contributed by atoms with Crippen molar-refractivity contribution >= 4 is 32.4 Å². The molecule has 0 aromatic heterocycles. The SMILES string of the molecule is COc1ccc(Br)cc1CS(=O)c1c(F)cc(N)cc1F. The first-order chi connectivity index (χ1) is 9.92. The van der Waals surface area contributed by atoms with Gasteiger partial charge in [0.15, 0.2) is 0 Å². The van der Waals surface area contributed by atoms with E-state index in [4.69, 9.17) is 10.5 Å². The van der Waals surface area contributed by atoms with E-state index in [1.807, 2.05) is 0 Å². The third-order valence-corrected chi connectivity index (χ3v) is 4.69. The number of ether oxygens (including phenoxy) is 1. The number of anilines is 1. The van der Waals surface area contributed by atoms with Crippen LogP contribution >= 0.6 is 15.9 Å². The minimum Gasteiger partial charge on any atom is -0.496 e. The summed E-state index contributed by atoms with van der Waals surface area (Å²) < 4.78 is 45.7. The van der Waals surface area contributed by atoms with Crippen molar-refractivity contribution in [1.29, 1.82) is 0 Å². The monoisotopic (exact) mass is 375 g/mol. The van der Waals surface area contributed by atoms with E-state index in [1.165, 1.54) is 7.11 Å². The second-order valence-corrected chi connectivity index (χ2v) is 6.56. The molecule has 112 valence electrons. The highest BCUT2D eigenvalue weighted by molar-refractivity contribution is 9.10. The molecule has 0 radical (unpaired) electrons. The van der Waals surface area contributed by atoms with Gasteiger partial charge in [-0.05, 0) is 30.3 Å². The summed E-state index contributed by atoms with van der Waals surface area (Å²) >= 11 is 3.29. The molecule has 21 heavy (non-hydrogen) atoms. The first kappa shape index (κ1) is 15.9. The average molecular weight is 376 g/mol. The molecule has 1 atom stereocenters. The average Bonchev–Trinajstić information content (AvgIpc) is 2.37. The van der Waals surface area contributed by atoms with E-state index in [1.54, 1.807) is 18.2 Å². The molecule has 0 aliphatic carbocycles. The van der Waals surface area contributed by atoms with Crippen molar-refractivity contribution in [1.82, 2.24) is 0 Å². The molecule has 0 aliphatic heterocycles. The molecule has 2 aromatic rings. The molecule has 2 rings (SSSR count). The van der Waals surface area contributed by atoms with Crippen LogP contribution in [-0.2, 0) is 16.6 Å². The van der Waals surface area contributed by atoms with Gasteiger partial charge >= 0.3 is 0 Å². The van der Waals surface area contributed by atoms with E-state index in [0.717, 1.165) is 16.6 Å². The fourth-order valence-electron chi connectivity index (χ4n) is 1.87. The van der Waals surface area contributed by atoms with Gasteiger partial charge in [0.1, 0.15) is 22.3 Å². The maximum absolute atomic E-state index is 13.8. The molecule has 1 unspecified atom stereocenters. The lowest BCUT2D eigenvalue weighted by molar-refractivity contribution is 0.411. The normalized spacial score (nSPS) is 12.2. The second-order valence-electron chi connectivity index (χ2n) is 4.26. The predicted molar refractivity (Wildman–Crippen MR) is 81.6 cm³/mol. The summed E-state index contributed by atoms with van der Waals surface area (Å²) in [6, 6.07) is 7.05. The van der Waals surface area contributed by atoms with Crippen molar-refractivity contribution in [3.8, 4) is 5.75 Å². The Morgan fingerprint density at radius 1 is 1.24 bits per heavy atom. The minimum absolute atomic E-state index is 0.0502. The lowest BCUT2D eigenvalue weighted by Crippen LogP contribution is -2.05. The molecule has 0 aliphatic rings. The Hall–Kier alpha value is -1.47. The molecule has 7 heteroatoms. The maximum Gasteiger partial charge on any atom is 0.144 e. The number of nitrogens with two attached hydrogens (primary N) is 1. The van der Waals surface area contributed by atoms with Crippen LogP contribution in [0.4, 0.5) is 14.5 Å². The summed E-state index contributed by atoms with van der Waals surface area (Å²) in [5, 5.41) is 0.